The Hall–Kier alpha value is -6.03. The first-order valence-electron chi connectivity index (χ1n) is 20.6. The van der Waals surface area contributed by atoms with Crippen LogP contribution in [0.3, 0.4) is 0 Å². The Balaban J connectivity index is 0.00000193. The number of amides is 2. The molecule has 4 aromatic rings. The molecular weight excluding hydrogens is 772 g/mol. The number of carboxylic acids is 1. The van der Waals surface area contributed by atoms with Gasteiger partial charge < -0.3 is 20.1 Å². The van der Waals surface area contributed by atoms with E-state index in [1.165, 1.54) is 75.5 Å². The summed E-state index contributed by atoms with van der Waals surface area (Å²) < 4.78 is 45.8. The van der Waals surface area contributed by atoms with Gasteiger partial charge in [-0.05, 0) is 78.1 Å². The molecule has 1 atom stereocenters. The molecule has 1 unspecified atom stereocenters. The Bertz CT molecular complexity index is 2140. The highest BCUT2D eigenvalue weighted by atomic mass is 19.4. The van der Waals surface area contributed by atoms with Crippen LogP contribution < -0.4 is 10.1 Å². The standard InChI is InChI=1S/C43H42F3N5O5.2C2H6/c1-56-36-17-15-32(38(21-36)43(44,45)46)20-39(52)50-35-16-18-37(33(19-35)22-47)42(55)51(26-40(53)54)25-27-7-9-31(10-8-27)41-48-23-34(24-49-41)30-13-11-29(12-14-30)28-5-3-2-4-6-28;2*1-2/h7-10,13,15-19,21,23-24,28-29H,2-6,11-12,14,20,25-26H2,1H3,(H,50,52)(H,53,54);2*1-2H3. The molecule has 0 radical (unpaired) electrons. The van der Waals surface area contributed by atoms with Crippen molar-refractivity contribution in [2.24, 2.45) is 11.8 Å². The van der Waals surface area contributed by atoms with Gasteiger partial charge in [-0.1, -0.05) is 96.2 Å². The van der Waals surface area contributed by atoms with Crippen molar-refractivity contribution in [2.75, 3.05) is 19.0 Å². The number of aliphatic carboxylic acids is 1. The largest absolute Gasteiger partial charge is 0.497 e. The fourth-order valence-electron chi connectivity index (χ4n) is 7.69. The maximum absolute atomic E-state index is 13.7. The van der Waals surface area contributed by atoms with Crippen LogP contribution in [0.1, 0.15) is 117 Å². The van der Waals surface area contributed by atoms with E-state index in [2.05, 4.69) is 21.4 Å². The van der Waals surface area contributed by atoms with Crippen molar-refractivity contribution >= 4 is 29.0 Å². The number of hydrogen-bond acceptors (Lipinski definition) is 7. The van der Waals surface area contributed by atoms with E-state index in [-0.39, 0.29) is 34.7 Å². The predicted octanol–water partition coefficient (Wildman–Crippen LogP) is 10.8. The van der Waals surface area contributed by atoms with Gasteiger partial charge in [0.1, 0.15) is 18.4 Å². The molecule has 1 heterocycles. The first-order chi connectivity index (χ1) is 28.9. The number of carbonyl (C=O) groups is 3. The molecule has 1 aromatic heterocycles. The van der Waals surface area contributed by atoms with Gasteiger partial charge >= 0.3 is 12.1 Å². The number of halogens is 3. The topological polar surface area (TPSA) is 146 Å². The lowest BCUT2D eigenvalue weighted by atomic mass is 9.73. The molecule has 0 spiro atoms. The van der Waals surface area contributed by atoms with Crippen molar-refractivity contribution in [3.05, 3.63) is 113 Å². The van der Waals surface area contributed by atoms with Gasteiger partial charge in [0, 0.05) is 35.8 Å². The molecule has 10 nitrogen and oxygen atoms in total. The molecule has 2 aliphatic carbocycles. The number of nitriles is 1. The summed E-state index contributed by atoms with van der Waals surface area (Å²) >= 11 is 0. The van der Waals surface area contributed by atoms with Crippen molar-refractivity contribution in [2.45, 2.75) is 98.2 Å². The first-order valence-corrected chi connectivity index (χ1v) is 20.6. The number of anilines is 1. The molecule has 6 rings (SSSR count). The van der Waals surface area contributed by atoms with Crippen LogP contribution in [0.15, 0.2) is 79.1 Å². The van der Waals surface area contributed by atoms with E-state index in [4.69, 9.17) is 4.74 Å². The van der Waals surface area contributed by atoms with Crippen LogP contribution in [0, 0.1) is 23.2 Å². The zero-order valence-electron chi connectivity index (χ0n) is 34.9. The number of nitrogens with zero attached hydrogens (tertiary/aromatic N) is 4. The van der Waals surface area contributed by atoms with Gasteiger partial charge in [0.25, 0.3) is 5.91 Å². The van der Waals surface area contributed by atoms with E-state index in [0.29, 0.717) is 11.4 Å². The third-order valence-electron chi connectivity index (χ3n) is 10.6. The van der Waals surface area contributed by atoms with Crippen LogP contribution in [0.4, 0.5) is 18.9 Å². The number of aromatic nitrogens is 2. The van der Waals surface area contributed by atoms with Gasteiger partial charge in [-0.15, -0.1) is 0 Å². The molecule has 60 heavy (non-hydrogen) atoms. The van der Waals surface area contributed by atoms with Crippen molar-refractivity contribution in [1.82, 2.24) is 14.9 Å². The molecular formula is C47H54F3N5O5. The number of allylic oxidation sites excluding steroid dienone is 2. The number of hydrogen-bond donors (Lipinski definition) is 2. The average Bonchev–Trinajstić information content (AvgIpc) is 3.27. The Morgan fingerprint density at radius 2 is 1.58 bits per heavy atom. The van der Waals surface area contributed by atoms with Crippen LogP contribution in [0.5, 0.6) is 5.75 Å². The smallest absolute Gasteiger partial charge is 0.416 e. The van der Waals surface area contributed by atoms with Gasteiger partial charge in [0.15, 0.2) is 5.82 Å². The zero-order chi connectivity index (χ0) is 43.8. The fourth-order valence-corrected chi connectivity index (χ4v) is 7.69. The quantitative estimate of drug-likeness (QED) is 0.144. The van der Waals surface area contributed by atoms with Crippen molar-refractivity contribution in [1.29, 1.82) is 5.26 Å². The molecule has 318 valence electrons. The fraction of sp³-hybridized carbons (Fsp3) is 0.404. The molecule has 1 saturated carbocycles. The second kappa shape index (κ2) is 22.4. The average molecular weight is 826 g/mol. The van der Waals surface area contributed by atoms with Crippen LogP contribution in [-0.2, 0) is 28.7 Å². The van der Waals surface area contributed by atoms with Gasteiger partial charge in [-0.25, -0.2) is 9.97 Å². The number of methoxy groups -OCH3 is 1. The summed E-state index contributed by atoms with van der Waals surface area (Å²) in [5.41, 5.74) is 2.19. The minimum absolute atomic E-state index is 0.0146. The Labute approximate surface area is 350 Å². The monoisotopic (exact) mass is 825 g/mol. The lowest BCUT2D eigenvalue weighted by Gasteiger charge is -2.32. The Morgan fingerprint density at radius 3 is 2.17 bits per heavy atom. The van der Waals surface area contributed by atoms with E-state index >= 15 is 0 Å². The second-order valence-electron chi connectivity index (χ2n) is 14.3. The summed E-state index contributed by atoms with van der Waals surface area (Å²) in [4.78, 5) is 48.5. The van der Waals surface area contributed by atoms with E-state index in [1.807, 2.05) is 46.2 Å². The van der Waals surface area contributed by atoms with Gasteiger partial charge in [0.05, 0.1) is 30.2 Å². The Kier molecular flexibility index (Phi) is 17.4. The van der Waals surface area contributed by atoms with Crippen LogP contribution in [-0.4, -0.2) is 51.4 Å². The van der Waals surface area contributed by atoms with Crippen LogP contribution in [0.2, 0.25) is 0 Å². The maximum Gasteiger partial charge on any atom is 0.416 e. The van der Waals surface area contributed by atoms with Gasteiger partial charge in [-0.2, -0.15) is 18.4 Å². The summed E-state index contributed by atoms with van der Waals surface area (Å²) in [6.07, 6.45) is 10.8. The Morgan fingerprint density at radius 1 is 0.900 bits per heavy atom. The summed E-state index contributed by atoms with van der Waals surface area (Å²) in [6, 6.07) is 16.1. The highest BCUT2D eigenvalue weighted by Crippen LogP contribution is 2.40. The van der Waals surface area contributed by atoms with E-state index < -0.39 is 42.5 Å². The minimum Gasteiger partial charge on any atom is -0.497 e. The van der Waals surface area contributed by atoms with Gasteiger partial charge in [-0.3, -0.25) is 14.4 Å². The van der Waals surface area contributed by atoms with Crippen LogP contribution >= 0.6 is 0 Å². The van der Waals surface area contributed by atoms with E-state index in [0.717, 1.165) is 52.8 Å². The number of alkyl halides is 3. The normalized spacial score (nSPS) is 15.1. The molecule has 2 amide bonds. The minimum atomic E-state index is -4.73. The molecule has 3 aromatic carbocycles. The third-order valence-corrected chi connectivity index (χ3v) is 10.6. The number of benzene rings is 3. The summed E-state index contributed by atoms with van der Waals surface area (Å²) in [6.45, 7) is 7.25. The van der Waals surface area contributed by atoms with Gasteiger partial charge in [0.2, 0.25) is 5.91 Å². The van der Waals surface area contributed by atoms with E-state index in [9.17, 15) is 37.9 Å². The van der Waals surface area contributed by atoms with E-state index in [1.54, 1.807) is 24.3 Å². The zero-order valence-corrected chi connectivity index (χ0v) is 34.9. The number of rotatable bonds is 12. The van der Waals surface area contributed by atoms with Crippen LogP contribution in [0.25, 0.3) is 17.0 Å². The highest BCUT2D eigenvalue weighted by Gasteiger charge is 2.34. The lowest BCUT2D eigenvalue weighted by molar-refractivity contribution is -0.139. The maximum atomic E-state index is 13.7. The summed E-state index contributed by atoms with van der Waals surface area (Å²) in [5, 5.41) is 22.0. The molecule has 2 N–H and O–H groups in total. The third kappa shape index (κ3) is 12.5. The summed E-state index contributed by atoms with van der Waals surface area (Å²) in [5.74, 6) is -0.647. The number of carboxylic acid groups (broad SMARTS) is 1. The number of nitrogens with one attached hydrogen (secondary N) is 1. The van der Waals surface area contributed by atoms with Crippen molar-refractivity contribution < 1.29 is 37.4 Å². The first kappa shape index (κ1) is 46.7. The predicted molar refractivity (Wildman–Crippen MR) is 226 cm³/mol. The molecule has 2 aliphatic rings. The van der Waals surface area contributed by atoms with Crippen molar-refractivity contribution in [3.8, 4) is 23.2 Å². The molecule has 1 fully saturated rings. The number of ether oxygens (including phenoxy) is 1. The molecule has 0 aliphatic heterocycles. The second-order valence-corrected chi connectivity index (χ2v) is 14.3. The molecule has 0 bridgehead atoms. The highest BCUT2D eigenvalue weighted by molar-refractivity contribution is 5.99. The lowest BCUT2D eigenvalue weighted by Crippen LogP contribution is -2.35. The molecule has 0 saturated heterocycles. The van der Waals surface area contributed by atoms with Crippen molar-refractivity contribution in [3.63, 3.8) is 0 Å². The molecule has 13 heteroatoms. The SMILES string of the molecule is CC.CC.COc1ccc(CC(=O)Nc2ccc(C(=O)N(CC(=O)O)Cc3ccc(-c4ncc(C5=CCC(C6CCCCC6)CC5)cn4)cc3)c(C#N)c2)c(C(F)(F)F)c1. The summed E-state index contributed by atoms with van der Waals surface area (Å²) in [7, 11) is 1.23. The number of carbonyl (C=O) groups excluding carboxylic acids is 2.